The average Bonchev–Trinajstić information content (AvgIpc) is 2.78. The van der Waals surface area contributed by atoms with E-state index in [1.54, 1.807) is 0 Å². The highest BCUT2D eigenvalue weighted by Gasteiger charge is 2.10. The third-order valence-corrected chi connectivity index (χ3v) is 3.43. The van der Waals surface area contributed by atoms with Crippen LogP contribution in [0, 0.1) is 13.8 Å². The van der Waals surface area contributed by atoms with Gasteiger partial charge in [0.1, 0.15) is 17.5 Å². The Morgan fingerprint density at radius 1 is 1.25 bits per heavy atom. The lowest BCUT2D eigenvalue weighted by Crippen LogP contribution is -2.15. The van der Waals surface area contributed by atoms with Crippen LogP contribution in [0.4, 0.5) is 11.6 Å². The number of nitrogens with zero attached hydrogens (tertiary/aromatic N) is 4. The van der Waals surface area contributed by atoms with Gasteiger partial charge in [-0.15, -0.1) is 0 Å². The lowest BCUT2D eigenvalue weighted by Gasteiger charge is -2.13. The number of nitrogens with two attached hydrogens (primary N) is 1. The fourth-order valence-corrected chi connectivity index (χ4v) is 1.93. The summed E-state index contributed by atoms with van der Waals surface area (Å²) in [5.41, 5.74) is 5.81. The first-order valence-electron chi connectivity index (χ1n) is 6.62. The van der Waals surface area contributed by atoms with E-state index in [9.17, 15) is 0 Å². The Hall–Kier alpha value is -2.15. The lowest BCUT2D eigenvalue weighted by atomic mass is 10.2. The van der Waals surface area contributed by atoms with E-state index < -0.39 is 0 Å². The van der Waals surface area contributed by atoms with E-state index in [0.717, 1.165) is 34.9 Å². The zero-order chi connectivity index (χ0) is 14.7. The molecule has 0 unspecified atom stereocenters. The van der Waals surface area contributed by atoms with Gasteiger partial charge in [-0.05, 0) is 13.8 Å². The Labute approximate surface area is 118 Å². The molecule has 0 spiro atoms. The number of hydrazine groups is 1. The fraction of sp³-hybridized carbons (Fsp3) is 0.462. The van der Waals surface area contributed by atoms with Crippen LogP contribution in [0.25, 0.3) is 0 Å². The van der Waals surface area contributed by atoms with Crippen LogP contribution in [0.5, 0.6) is 0 Å². The summed E-state index contributed by atoms with van der Waals surface area (Å²) in [6, 6.07) is 0. The van der Waals surface area contributed by atoms with E-state index in [4.69, 9.17) is 5.84 Å². The standard InChI is InChI=1S/C13H21N7/c1-5-11-17-12(8(2)13(18-11)19-14)15-6-10-7-16-20(4)9(10)3/h7H,5-6,14H2,1-4H3,(H2,15,17,18,19). The highest BCUT2D eigenvalue weighted by molar-refractivity contribution is 5.56. The van der Waals surface area contributed by atoms with Gasteiger partial charge in [-0.25, -0.2) is 15.8 Å². The van der Waals surface area contributed by atoms with Crippen LogP contribution in [0.3, 0.4) is 0 Å². The first-order valence-corrected chi connectivity index (χ1v) is 6.62. The molecule has 0 aliphatic rings. The predicted octanol–water partition coefficient (Wildman–Crippen LogP) is 1.29. The van der Waals surface area contributed by atoms with E-state index in [1.807, 2.05) is 38.7 Å². The van der Waals surface area contributed by atoms with Gasteiger partial charge in [0.25, 0.3) is 0 Å². The second-order valence-corrected chi connectivity index (χ2v) is 4.69. The van der Waals surface area contributed by atoms with Gasteiger partial charge in [0, 0.05) is 36.8 Å². The number of aromatic nitrogens is 4. The van der Waals surface area contributed by atoms with E-state index in [-0.39, 0.29) is 0 Å². The van der Waals surface area contributed by atoms with Crippen molar-refractivity contribution in [1.82, 2.24) is 19.7 Å². The number of rotatable bonds is 5. The summed E-state index contributed by atoms with van der Waals surface area (Å²) in [6.07, 6.45) is 2.62. The number of aryl methyl sites for hydroxylation is 2. The van der Waals surface area contributed by atoms with Crippen LogP contribution in [0.15, 0.2) is 6.20 Å². The molecule has 0 aliphatic carbocycles. The fourth-order valence-electron chi connectivity index (χ4n) is 1.93. The Morgan fingerprint density at radius 3 is 2.50 bits per heavy atom. The van der Waals surface area contributed by atoms with Crippen LogP contribution < -0.4 is 16.6 Å². The molecule has 20 heavy (non-hydrogen) atoms. The van der Waals surface area contributed by atoms with E-state index in [2.05, 4.69) is 25.8 Å². The summed E-state index contributed by atoms with van der Waals surface area (Å²) in [5, 5.41) is 7.56. The average molecular weight is 275 g/mol. The third-order valence-electron chi connectivity index (χ3n) is 3.43. The van der Waals surface area contributed by atoms with Crippen molar-refractivity contribution in [2.24, 2.45) is 12.9 Å². The monoisotopic (exact) mass is 275 g/mol. The highest BCUT2D eigenvalue weighted by Crippen LogP contribution is 2.20. The van der Waals surface area contributed by atoms with Gasteiger partial charge < -0.3 is 10.7 Å². The lowest BCUT2D eigenvalue weighted by molar-refractivity contribution is 0.738. The van der Waals surface area contributed by atoms with Crippen molar-refractivity contribution in [3.63, 3.8) is 0 Å². The molecule has 2 heterocycles. The summed E-state index contributed by atoms with van der Waals surface area (Å²) in [6.45, 7) is 6.67. The summed E-state index contributed by atoms with van der Waals surface area (Å²) < 4.78 is 1.86. The molecule has 0 amide bonds. The molecule has 0 fully saturated rings. The number of hydrogen-bond acceptors (Lipinski definition) is 6. The zero-order valence-electron chi connectivity index (χ0n) is 12.4. The largest absolute Gasteiger partial charge is 0.365 e. The molecule has 0 atom stereocenters. The molecule has 4 N–H and O–H groups in total. The van der Waals surface area contributed by atoms with Gasteiger partial charge in [-0.2, -0.15) is 5.10 Å². The predicted molar refractivity (Wildman–Crippen MR) is 79.2 cm³/mol. The second kappa shape index (κ2) is 5.87. The molecule has 0 saturated heterocycles. The van der Waals surface area contributed by atoms with Gasteiger partial charge in [0.15, 0.2) is 0 Å². The van der Waals surface area contributed by atoms with Crippen molar-refractivity contribution in [2.45, 2.75) is 33.7 Å². The third kappa shape index (κ3) is 2.72. The topological polar surface area (TPSA) is 93.7 Å². The minimum absolute atomic E-state index is 0.655. The van der Waals surface area contributed by atoms with Crippen molar-refractivity contribution in [3.05, 3.63) is 28.8 Å². The normalized spacial score (nSPS) is 10.7. The van der Waals surface area contributed by atoms with Crippen molar-refractivity contribution >= 4 is 11.6 Å². The summed E-state index contributed by atoms with van der Waals surface area (Å²) in [7, 11) is 1.93. The molecule has 0 bridgehead atoms. The van der Waals surface area contributed by atoms with E-state index >= 15 is 0 Å². The number of hydrogen-bond donors (Lipinski definition) is 3. The maximum absolute atomic E-state index is 5.50. The Bertz CT molecular complexity index is 603. The number of anilines is 2. The molecule has 2 rings (SSSR count). The molecule has 0 radical (unpaired) electrons. The highest BCUT2D eigenvalue weighted by atomic mass is 15.3. The van der Waals surface area contributed by atoms with Crippen molar-refractivity contribution in [3.8, 4) is 0 Å². The van der Waals surface area contributed by atoms with Crippen LogP contribution in [0.1, 0.15) is 29.6 Å². The molecule has 0 aliphatic heterocycles. The molecule has 108 valence electrons. The van der Waals surface area contributed by atoms with Crippen molar-refractivity contribution in [1.29, 1.82) is 0 Å². The maximum Gasteiger partial charge on any atom is 0.148 e. The van der Waals surface area contributed by atoms with Crippen LogP contribution in [-0.4, -0.2) is 19.7 Å². The molecule has 7 nitrogen and oxygen atoms in total. The maximum atomic E-state index is 5.50. The second-order valence-electron chi connectivity index (χ2n) is 4.69. The number of nitrogen functional groups attached to an aromatic ring is 1. The minimum Gasteiger partial charge on any atom is -0.365 e. The zero-order valence-corrected chi connectivity index (χ0v) is 12.4. The number of nitrogens with one attached hydrogen (secondary N) is 2. The summed E-state index contributed by atoms with van der Waals surface area (Å²) in [5.74, 6) is 7.71. The van der Waals surface area contributed by atoms with Crippen LogP contribution in [-0.2, 0) is 20.0 Å². The molecule has 0 saturated carbocycles. The summed E-state index contributed by atoms with van der Waals surface area (Å²) >= 11 is 0. The van der Waals surface area contributed by atoms with Gasteiger partial charge in [-0.1, -0.05) is 6.92 Å². The minimum atomic E-state index is 0.655. The molecular formula is C13H21N7. The molecule has 0 aromatic carbocycles. The summed E-state index contributed by atoms with van der Waals surface area (Å²) in [4.78, 5) is 8.85. The van der Waals surface area contributed by atoms with Gasteiger partial charge in [0.05, 0.1) is 6.20 Å². The molecular weight excluding hydrogens is 254 g/mol. The van der Waals surface area contributed by atoms with Crippen LogP contribution >= 0.6 is 0 Å². The molecule has 2 aromatic heterocycles. The van der Waals surface area contributed by atoms with E-state index in [0.29, 0.717) is 12.4 Å². The Balaban J connectivity index is 2.22. The van der Waals surface area contributed by atoms with Gasteiger partial charge in [0.2, 0.25) is 0 Å². The van der Waals surface area contributed by atoms with Crippen molar-refractivity contribution < 1.29 is 0 Å². The first kappa shape index (κ1) is 14.3. The molecule has 2 aromatic rings. The quantitative estimate of drug-likeness (QED) is 0.562. The molecule has 7 heteroatoms. The van der Waals surface area contributed by atoms with Crippen LogP contribution in [0.2, 0.25) is 0 Å². The van der Waals surface area contributed by atoms with Crippen molar-refractivity contribution in [2.75, 3.05) is 10.7 Å². The van der Waals surface area contributed by atoms with Gasteiger partial charge >= 0.3 is 0 Å². The SMILES string of the molecule is CCc1nc(NN)c(C)c(NCc2cnn(C)c2C)n1. The van der Waals surface area contributed by atoms with E-state index in [1.165, 1.54) is 0 Å². The van der Waals surface area contributed by atoms with Gasteiger partial charge in [-0.3, -0.25) is 4.68 Å². The smallest absolute Gasteiger partial charge is 0.148 e. The first-order chi connectivity index (χ1) is 9.56. The Kier molecular flexibility index (Phi) is 4.19. The Morgan fingerprint density at radius 2 is 1.95 bits per heavy atom.